The third-order valence-corrected chi connectivity index (χ3v) is 4.56. The molecule has 2 aromatic rings. The van der Waals surface area contributed by atoms with Crippen LogP contribution in [0.2, 0.25) is 0 Å². The molecule has 0 bridgehead atoms. The highest BCUT2D eigenvalue weighted by atomic mass is 32.1. The van der Waals surface area contributed by atoms with E-state index in [1.165, 1.54) is 23.5 Å². The first-order valence-electron chi connectivity index (χ1n) is 7.76. The largest absolute Gasteiger partial charge is 0.586 e. The van der Waals surface area contributed by atoms with Crippen molar-refractivity contribution in [1.82, 2.24) is 9.47 Å². The number of aromatic nitrogens is 1. The lowest BCUT2D eigenvalue weighted by atomic mass is 10.3. The van der Waals surface area contributed by atoms with Crippen molar-refractivity contribution in [2.24, 2.45) is 4.99 Å². The Kier molecular flexibility index (Phi) is 4.51. The average molecular weight is 369 g/mol. The van der Waals surface area contributed by atoms with Gasteiger partial charge in [-0.1, -0.05) is 0 Å². The van der Waals surface area contributed by atoms with E-state index in [1.54, 1.807) is 21.7 Å². The van der Waals surface area contributed by atoms with E-state index >= 15 is 0 Å². The highest BCUT2D eigenvalue weighted by Crippen LogP contribution is 2.41. The molecule has 3 rings (SSSR count). The minimum Gasteiger partial charge on any atom is -0.395 e. The fraction of sp³-hybridized carbons (Fsp3) is 0.375. The van der Waals surface area contributed by atoms with E-state index in [9.17, 15) is 13.6 Å². The van der Waals surface area contributed by atoms with Crippen LogP contribution in [-0.4, -0.2) is 34.9 Å². The van der Waals surface area contributed by atoms with E-state index in [2.05, 4.69) is 14.5 Å². The van der Waals surface area contributed by atoms with Crippen LogP contribution in [0.1, 0.15) is 18.7 Å². The van der Waals surface area contributed by atoms with Gasteiger partial charge in [-0.2, -0.15) is 4.99 Å². The van der Waals surface area contributed by atoms with Gasteiger partial charge in [0, 0.05) is 30.2 Å². The zero-order chi connectivity index (χ0) is 18.2. The molecule has 6 nitrogen and oxygen atoms in total. The van der Waals surface area contributed by atoms with Crippen LogP contribution in [0.4, 0.5) is 13.6 Å². The lowest BCUT2D eigenvalue weighted by Crippen LogP contribution is -2.30. The van der Waals surface area contributed by atoms with Crippen molar-refractivity contribution < 1.29 is 23.0 Å². The maximum atomic E-state index is 13.2. The summed E-state index contributed by atoms with van der Waals surface area (Å²) in [5.41, 5.74) is 0.551. The van der Waals surface area contributed by atoms with Gasteiger partial charge in [0.2, 0.25) is 0 Å². The molecule has 9 heteroatoms. The number of alkyl halides is 2. The summed E-state index contributed by atoms with van der Waals surface area (Å²) < 4.78 is 36.9. The number of hydrogen-bond donors (Lipinski definition) is 0. The van der Waals surface area contributed by atoms with Crippen LogP contribution in [0, 0.1) is 6.92 Å². The minimum absolute atomic E-state index is 0.0287. The Balaban J connectivity index is 2.02. The quantitative estimate of drug-likeness (QED) is 0.832. The summed E-state index contributed by atoms with van der Waals surface area (Å²) in [6.45, 7) is 6.75. The topological polar surface area (TPSA) is 56.1 Å². The first-order chi connectivity index (χ1) is 11.8. The second-order valence-electron chi connectivity index (χ2n) is 5.36. The Bertz CT molecular complexity index is 872. The van der Waals surface area contributed by atoms with Crippen LogP contribution >= 0.6 is 11.3 Å². The summed E-state index contributed by atoms with van der Waals surface area (Å²) in [6, 6.07) is 4.11. The monoisotopic (exact) mass is 369 g/mol. The van der Waals surface area contributed by atoms with Crippen molar-refractivity contribution in [3.8, 4) is 17.2 Å². The number of carbonyl (C=O) groups is 1. The molecular formula is C16H17F2N3O3S. The van der Waals surface area contributed by atoms with Crippen molar-refractivity contribution in [1.29, 1.82) is 0 Å². The Morgan fingerprint density at radius 2 is 1.96 bits per heavy atom. The SMILES string of the molecule is CCN(CC)C(=O)N=c1sc(C)cn1-c1ccc2c(c1)OC(F)(F)O2. The van der Waals surface area contributed by atoms with E-state index in [1.807, 2.05) is 20.8 Å². The number of thiazole rings is 1. The number of amides is 2. The highest BCUT2D eigenvalue weighted by molar-refractivity contribution is 7.09. The van der Waals surface area contributed by atoms with Gasteiger partial charge in [0.15, 0.2) is 16.3 Å². The molecule has 1 aliphatic rings. The fourth-order valence-corrected chi connectivity index (χ4v) is 3.28. The van der Waals surface area contributed by atoms with Gasteiger partial charge in [-0.25, -0.2) is 4.79 Å². The molecule has 2 heterocycles. The van der Waals surface area contributed by atoms with Crippen LogP contribution < -0.4 is 14.3 Å². The number of halogens is 2. The zero-order valence-corrected chi connectivity index (χ0v) is 14.8. The fourth-order valence-electron chi connectivity index (χ4n) is 2.45. The predicted octanol–water partition coefficient (Wildman–Crippen LogP) is 3.53. The Morgan fingerprint density at radius 3 is 2.64 bits per heavy atom. The number of rotatable bonds is 3. The van der Waals surface area contributed by atoms with E-state index in [0.717, 1.165) is 4.88 Å². The molecule has 0 aliphatic carbocycles. The first-order valence-corrected chi connectivity index (χ1v) is 8.57. The summed E-state index contributed by atoms with van der Waals surface area (Å²) in [4.78, 5) is 19.4. The number of ether oxygens (including phenoxy) is 2. The third kappa shape index (κ3) is 3.51. The highest BCUT2D eigenvalue weighted by Gasteiger charge is 2.43. The molecule has 0 unspecified atom stereocenters. The van der Waals surface area contributed by atoms with Crippen LogP contribution in [0.3, 0.4) is 0 Å². The maximum absolute atomic E-state index is 13.2. The molecule has 134 valence electrons. The van der Waals surface area contributed by atoms with Gasteiger partial charge >= 0.3 is 12.3 Å². The van der Waals surface area contributed by atoms with E-state index in [4.69, 9.17) is 0 Å². The molecule has 0 radical (unpaired) electrons. The standard InChI is InChI=1S/C16H17F2N3O3S/c1-4-20(5-2)14(22)19-15-21(9-10(3)25-15)11-6-7-12-13(8-11)24-16(17,18)23-12/h6-9H,4-5H2,1-3H3. The van der Waals surface area contributed by atoms with Crippen molar-refractivity contribution in [3.63, 3.8) is 0 Å². The number of nitrogens with zero attached hydrogens (tertiary/aromatic N) is 3. The van der Waals surface area contributed by atoms with Crippen molar-refractivity contribution in [2.45, 2.75) is 27.1 Å². The molecule has 2 amide bonds. The van der Waals surface area contributed by atoms with Gasteiger partial charge in [-0.15, -0.1) is 20.1 Å². The second-order valence-corrected chi connectivity index (χ2v) is 6.57. The van der Waals surface area contributed by atoms with Gasteiger partial charge < -0.3 is 14.4 Å². The number of urea groups is 1. The molecule has 0 N–H and O–H groups in total. The van der Waals surface area contributed by atoms with Gasteiger partial charge in [0.05, 0.1) is 5.69 Å². The molecule has 0 fully saturated rings. The third-order valence-electron chi connectivity index (χ3n) is 3.66. The van der Waals surface area contributed by atoms with Crippen LogP contribution in [0.5, 0.6) is 11.5 Å². The van der Waals surface area contributed by atoms with Gasteiger partial charge in [-0.05, 0) is 32.9 Å². The Labute approximate surface area is 146 Å². The molecule has 1 aromatic heterocycles. The molecule has 1 aliphatic heterocycles. The summed E-state index contributed by atoms with van der Waals surface area (Å²) in [5, 5.41) is 0. The van der Waals surface area contributed by atoms with E-state index in [0.29, 0.717) is 23.6 Å². The number of hydrogen-bond acceptors (Lipinski definition) is 4. The second kappa shape index (κ2) is 6.47. The number of aryl methyl sites for hydroxylation is 1. The molecular weight excluding hydrogens is 352 g/mol. The zero-order valence-electron chi connectivity index (χ0n) is 14.0. The van der Waals surface area contributed by atoms with Crippen LogP contribution in [-0.2, 0) is 0 Å². The van der Waals surface area contributed by atoms with Gasteiger partial charge in [-0.3, -0.25) is 4.57 Å². The normalized spacial score (nSPS) is 15.5. The molecule has 0 spiro atoms. The lowest BCUT2D eigenvalue weighted by molar-refractivity contribution is -0.286. The summed E-state index contributed by atoms with van der Waals surface area (Å²) >= 11 is 1.34. The molecule has 0 saturated heterocycles. The van der Waals surface area contributed by atoms with Gasteiger partial charge in [0.25, 0.3) is 0 Å². The summed E-state index contributed by atoms with van der Waals surface area (Å²) in [7, 11) is 0. The smallest absolute Gasteiger partial charge is 0.395 e. The maximum Gasteiger partial charge on any atom is 0.586 e. The van der Waals surface area contributed by atoms with Crippen molar-refractivity contribution in [2.75, 3.05) is 13.1 Å². The number of fused-ring (bicyclic) bond motifs is 1. The first kappa shape index (κ1) is 17.4. The van der Waals surface area contributed by atoms with Crippen LogP contribution in [0.25, 0.3) is 5.69 Å². The van der Waals surface area contributed by atoms with Crippen molar-refractivity contribution in [3.05, 3.63) is 34.1 Å². The Hall–Kier alpha value is -2.42. The summed E-state index contributed by atoms with van der Waals surface area (Å²) in [5.74, 6) is -0.0844. The van der Waals surface area contributed by atoms with E-state index < -0.39 is 6.29 Å². The number of benzene rings is 1. The van der Waals surface area contributed by atoms with Gasteiger partial charge in [0.1, 0.15) is 0 Å². The van der Waals surface area contributed by atoms with E-state index in [-0.39, 0.29) is 17.5 Å². The Morgan fingerprint density at radius 1 is 1.28 bits per heavy atom. The minimum atomic E-state index is -3.66. The molecule has 25 heavy (non-hydrogen) atoms. The average Bonchev–Trinajstić information content (AvgIpc) is 3.05. The predicted molar refractivity (Wildman–Crippen MR) is 88.5 cm³/mol. The lowest BCUT2D eigenvalue weighted by Gasteiger charge is -2.14. The molecule has 1 aromatic carbocycles. The summed E-state index contributed by atoms with van der Waals surface area (Å²) in [6.07, 6.45) is -1.88. The molecule has 0 atom stereocenters. The number of carbonyl (C=O) groups excluding carboxylic acids is 1. The van der Waals surface area contributed by atoms with Crippen LogP contribution in [0.15, 0.2) is 29.4 Å². The van der Waals surface area contributed by atoms with Crippen molar-refractivity contribution >= 4 is 17.4 Å². The molecule has 0 saturated carbocycles.